The summed E-state index contributed by atoms with van der Waals surface area (Å²) in [6.07, 6.45) is 0.168. The zero-order valence-electron chi connectivity index (χ0n) is 14.9. The van der Waals surface area contributed by atoms with E-state index >= 15 is 0 Å². The summed E-state index contributed by atoms with van der Waals surface area (Å²) < 4.78 is 23.7. The van der Waals surface area contributed by atoms with Crippen LogP contribution < -0.4 is 14.4 Å². The van der Waals surface area contributed by atoms with Gasteiger partial charge in [0.2, 0.25) is 18.6 Å². The van der Waals surface area contributed by atoms with E-state index in [4.69, 9.17) is 9.47 Å². The van der Waals surface area contributed by atoms with E-state index in [9.17, 15) is 14.0 Å². The molecule has 0 saturated carbocycles. The Kier molecular flexibility index (Phi) is 4.43. The van der Waals surface area contributed by atoms with Crippen LogP contribution in [0.1, 0.15) is 12.0 Å². The Morgan fingerprint density at radius 3 is 2.70 bits per heavy atom. The Morgan fingerprint density at radius 1 is 1.19 bits per heavy atom. The summed E-state index contributed by atoms with van der Waals surface area (Å²) in [5.74, 6) is 0.334. The number of halogens is 1. The molecule has 0 N–H and O–H groups in total. The van der Waals surface area contributed by atoms with E-state index in [-0.39, 0.29) is 30.8 Å². The number of carbonyl (C=O) groups excluding carboxylic acids is 2. The molecule has 0 bridgehead atoms. The van der Waals surface area contributed by atoms with Crippen LogP contribution in [0.15, 0.2) is 42.5 Å². The predicted octanol–water partition coefficient (Wildman–Crippen LogP) is 2.57. The molecule has 2 aliphatic rings. The van der Waals surface area contributed by atoms with Gasteiger partial charge in [0.25, 0.3) is 0 Å². The predicted molar refractivity (Wildman–Crippen MR) is 95.9 cm³/mol. The number of anilines is 1. The van der Waals surface area contributed by atoms with Gasteiger partial charge in [-0.2, -0.15) is 0 Å². The van der Waals surface area contributed by atoms with Gasteiger partial charge in [-0.3, -0.25) is 9.59 Å². The molecular weight excluding hydrogens is 351 g/mol. The van der Waals surface area contributed by atoms with E-state index in [2.05, 4.69) is 0 Å². The normalized spacial score (nSPS) is 18.1. The summed E-state index contributed by atoms with van der Waals surface area (Å²) in [6.45, 7) is 0.862. The van der Waals surface area contributed by atoms with Gasteiger partial charge in [0.1, 0.15) is 5.82 Å². The summed E-state index contributed by atoms with van der Waals surface area (Å²) in [5.41, 5.74) is 1.53. The number of rotatable bonds is 4. The molecular formula is C20H19FN2O4. The van der Waals surface area contributed by atoms with Crippen molar-refractivity contribution < 1.29 is 23.5 Å². The Balaban J connectivity index is 1.43. The maximum absolute atomic E-state index is 13.0. The molecule has 2 amide bonds. The Bertz CT molecular complexity index is 884. The zero-order valence-corrected chi connectivity index (χ0v) is 14.9. The zero-order chi connectivity index (χ0) is 19.0. The third kappa shape index (κ3) is 3.45. The van der Waals surface area contributed by atoms with Gasteiger partial charge in [-0.25, -0.2) is 4.39 Å². The first kappa shape index (κ1) is 17.3. The molecule has 0 spiro atoms. The number of ether oxygens (including phenoxy) is 2. The molecule has 2 aromatic carbocycles. The molecule has 6 nitrogen and oxygen atoms in total. The molecule has 1 fully saturated rings. The van der Waals surface area contributed by atoms with Gasteiger partial charge in [0.05, 0.1) is 5.92 Å². The van der Waals surface area contributed by atoms with Crippen molar-refractivity contribution in [2.24, 2.45) is 5.92 Å². The molecule has 1 saturated heterocycles. The second kappa shape index (κ2) is 6.90. The Labute approximate surface area is 156 Å². The fourth-order valence-electron chi connectivity index (χ4n) is 3.43. The summed E-state index contributed by atoms with van der Waals surface area (Å²) in [4.78, 5) is 28.4. The van der Waals surface area contributed by atoms with Crippen molar-refractivity contribution >= 4 is 17.5 Å². The highest BCUT2D eigenvalue weighted by Crippen LogP contribution is 2.37. The van der Waals surface area contributed by atoms with E-state index in [1.165, 1.54) is 12.1 Å². The minimum atomic E-state index is -0.409. The molecule has 140 valence electrons. The summed E-state index contributed by atoms with van der Waals surface area (Å²) in [5, 5.41) is 0. The lowest BCUT2D eigenvalue weighted by molar-refractivity contribution is -0.135. The molecule has 4 rings (SSSR count). The number of hydrogen-bond acceptors (Lipinski definition) is 4. The maximum Gasteiger partial charge on any atom is 0.231 e. The minimum absolute atomic E-state index is 0.0950. The molecule has 1 atom stereocenters. The van der Waals surface area contributed by atoms with Crippen LogP contribution in [0.25, 0.3) is 0 Å². The third-order valence-electron chi connectivity index (χ3n) is 4.85. The minimum Gasteiger partial charge on any atom is -0.454 e. The number of hydrogen-bond donors (Lipinski definition) is 0. The van der Waals surface area contributed by atoms with Crippen LogP contribution in [0.2, 0.25) is 0 Å². The molecule has 2 heterocycles. The molecule has 2 aromatic rings. The van der Waals surface area contributed by atoms with Gasteiger partial charge in [0.15, 0.2) is 11.5 Å². The molecule has 0 aromatic heterocycles. The van der Waals surface area contributed by atoms with E-state index in [0.717, 1.165) is 5.56 Å². The van der Waals surface area contributed by atoms with Crippen molar-refractivity contribution in [1.82, 2.24) is 4.90 Å². The molecule has 27 heavy (non-hydrogen) atoms. The smallest absolute Gasteiger partial charge is 0.231 e. The lowest BCUT2D eigenvalue weighted by Gasteiger charge is -2.21. The van der Waals surface area contributed by atoms with Crippen LogP contribution in [0, 0.1) is 11.7 Å². The average molecular weight is 370 g/mol. The van der Waals surface area contributed by atoms with Crippen LogP contribution >= 0.6 is 0 Å². The SMILES string of the molecule is CN(Cc1ccc(F)cc1)C(=O)[C@@H]1CC(=O)N(c2ccc3c(c2)OCO3)C1. The molecule has 0 aliphatic carbocycles. The second-order valence-corrected chi connectivity index (χ2v) is 6.76. The first-order valence-electron chi connectivity index (χ1n) is 8.70. The fourth-order valence-corrected chi connectivity index (χ4v) is 3.43. The highest BCUT2D eigenvalue weighted by molar-refractivity contribution is 6.00. The molecule has 7 heteroatoms. The van der Waals surface area contributed by atoms with Crippen molar-refractivity contribution in [3.8, 4) is 11.5 Å². The number of amides is 2. The fraction of sp³-hybridized carbons (Fsp3) is 0.300. The van der Waals surface area contributed by atoms with Gasteiger partial charge in [-0.1, -0.05) is 12.1 Å². The number of nitrogens with zero attached hydrogens (tertiary/aromatic N) is 2. The van der Waals surface area contributed by atoms with E-state index in [1.54, 1.807) is 47.2 Å². The van der Waals surface area contributed by atoms with Crippen LogP contribution in [0.3, 0.4) is 0 Å². The summed E-state index contributed by atoms with van der Waals surface area (Å²) in [6, 6.07) is 11.4. The van der Waals surface area contributed by atoms with E-state index in [0.29, 0.717) is 30.3 Å². The molecule has 2 aliphatic heterocycles. The van der Waals surface area contributed by atoms with Gasteiger partial charge in [-0.15, -0.1) is 0 Å². The molecule has 0 unspecified atom stereocenters. The maximum atomic E-state index is 13.0. The topological polar surface area (TPSA) is 59.1 Å². The van der Waals surface area contributed by atoms with Crippen LogP contribution in [-0.2, 0) is 16.1 Å². The Hall–Kier alpha value is -3.09. The van der Waals surface area contributed by atoms with Crippen molar-refractivity contribution in [2.75, 3.05) is 25.3 Å². The van der Waals surface area contributed by atoms with Crippen molar-refractivity contribution in [3.05, 3.63) is 53.8 Å². The summed E-state index contributed by atoms with van der Waals surface area (Å²) in [7, 11) is 1.69. The molecule has 0 radical (unpaired) electrons. The standard InChI is InChI=1S/C20H19FN2O4/c1-22(10-13-2-4-15(21)5-3-13)20(25)14-8-19(24)23(11-14)16-6-7-17-18(9-16)27-12-26-17/h2-7,9,14H,8,10-12H2,1H3/t14-/m1/s1. The van der Waals surface area contributed by atoms with Crippen molar-refractivity contribution in [1.29, 1.82) is 0 Å². The third-order valence-corrected chi connectivity index (χ3v) is 4.85. The van der Waals surface area contributed by atoms with Crippen molar-refractivity contribution in [3.63, 3.8) is 0 Å². The van der Waals surface area contributed by atoms with Gasteiger partial charge < -0.3 is 19.3 Å². The van der Waals surface area contributed by atoms with Gasteiger partial charge in [-0.05, 0) is 29.8 Å². The number of benzene rings is 2. The Morgan fingerprint density at radius 2 is 1.93 bits per heavy atom. The van der Waals surface area contributed by atoms with Crippen LogP contribution in [0.4, 0.5) is 10.1 Å². The summed E-state index contributed by atoms with van der Waals surface area (Å²) >= 11 is 0. The van der Waals surface area contributed by atoms with E-state index < -0.39 is 5.92 Å². The quantitative estimate of drug-likeness (QED) is 0.830. The lowest BCUT2D eigenvalue weighted by Crippen LogP contribution is -2.34. The highest BCUT2D eigenvalue weighted by Gasteiger charge is 2.37. The van der Waals surface area contributed by atoms with Crippen LogP contribution in [0.5, 0.6) is 11.5 Å². The number of carbonyl (C=O) groups is 2. The first-order chi connectivity index (χ1) is 13.0. The lowest BCUT2D eigenvalue weighted by atomic mass is 10.1. The van der Waals surface area contributed by atoms with E-state index in [1.807, 2.05) is 0 Å². The highest BCUT2D eigenvalue weighted by atomic mass is 19.1. The van der Waals surface area contributed by atoms with Gasteiger partial charge >= 0.3 is 0 Å². The first-order valence-corrected chi connectivity index (χ1v) is 8.70. The van der Waals surface area contributed by atoms with Crippen LogP contribution in [-0.4, -0.2) is 37.1 Å². The van der Waals surface area contributed by atoms with Crippen molar-refractivity contribution in [2.45, 2.75) is 13.0 Å². The van der Waals surface area contributed by atoms with Gasteiger partial charge in [0, 0.05) is 38.3 Å². The average Bonchev–Trinajstić information content (AvgIpc) is 3.28. The largest absolute Gasteiger partial charge is 0.454 e. The second-order valence-electron chi connectivity index (χ2n) is 6.76. The number of fused-ring (bicyclic) bond motifs is 1. The monoisotopic (exact) mass is 370 g/mol.